The Morgan fingerprint density at radius 2 is 1.50 bits per heavy atom. The minimum atomic E-state index is -4.52. The number of rotatable bonds is 3. The summed E-state index contributed by atoms with van der Waals surface area (Å²) >= 11 is 5.90. The third-order valence-corrected chi connectivity index (χ3v) is 6.21. The van der Waals surface area contributed by atoms with Crippen LogP contribution in [0.2, 0.25) is 5.02 Å². The summed E-state index contributed by atoms with van der Waals surface area (Å²) in [4.78, 5) is 16.0. The highest BCUT2D eigenvalue weighted by Crippen LogP contribution is 2.49. The minimum Gasteiger partial charge on any atom is -0.367 e. The van der Waals surface area contributed by atoms with Gasteiger partial charge in [-0.2, -0.15) is 26.3 Å². The average molecular weight is 477 g/mol. The van der Waals surface area contributed by atoms with Crippen LogP contribution >= 0.6 is 11.6 Å². The van der Waals surface area contributed by atoms with Gasteiger partial charge >= 0.3 is 12.4 Å². The molecule has 1 saturated heterocycles. The number of alkyl halides is 6. The molecule has 0 bridgehead atoms. The SMILES string of the molecule is O=C([C@H]1C[C@H]1c1ccc(C(F)(F)F)cc1)N1CCN(c2cc(Cl)ccc2C(F)(F)F)CC1. The highest BCUT2D eigenvalue weighted by Gasteiger charge is 2.46. The third kappa shape index (κ3) is 4.67. The second-order valence-corrected chi connectivity index (χ2v) is 8.48. The maximum absolute atomic E-state index is 13.4. The first-order chi connectivity index (χ1) is 14.9. The number of carbonyl (C=O) groups is 1. The molecule has 172 valence electrons. The standard InChI is InChI=1S/C22H19ClF6N2O/c23-15-5-6-18(22(27,28)29)19(11-15)30-7-9-31(10-8-30)20(32)17-12-16(17)13-1-3-14(4-2-13)21(24,25)26/h1-6,11,16-17H,7-10,12H2/t16-,17-/m0/s1. The number of carbonyl (C=O) groups excluding carboxylic acids is 1. The van der Waals surface area contributed by atoms with Crippen LogP contribution in [0.25, 0.3) is 0 Å². The van der Waals surface area contributed by atoms with E-state index >= 15 is 0 Å². The Bertz CT molecular complexity index is 997. The monoisotopic (exact) mass is 476 g/mol. The number of anilines is 1. The lowest BCUT2D eigenvalue weighted by Gasteiger charge is -2.37. The summed E-state index contributed by atoms with van der Waals surface area (Å²) in [6.45, 7) is 0.984. The van der Waals surface area contributed by atoms with Crippen LogP contribution in [-0.4, -0.2) is 37.0 Å². The Hall–Kier alpha value is -2.42. The maximum Gasteiger partial charge on any atom is 0.418 e. The predicted octanol–water partition coefficient (Wildman–Crippen LogP) is 5.83. The van der Waals surface area contributed by atoms with Crippen LogP contribution in [0.1, 0.15) is 29.0 Å². The zero-order valence-corrected chi connectivity index (χ0v) is 17.4. The van der Waals surface area contributed by atoms with E-state index in [1.54, 1.807) is 9.80 Å². The van der Waals surface area contributed by atoms with Gasteiger partial charge in [0.2, 0.25) is 5.91 Å². The van der Waals surface area contributed by atoms with Gasteiger partial charge in [-0.25, -0.2) is 0 Å². The summed E-state index contributed by atoms with van der Waals surface area (Å²) in [5, 5.41) is 0.198. The fraction of sp³-hybridized carbons (Fsp3) is 0.409. The molecule has 1 aliphatic carbocycles. The number of nitrogens with zero attached hydrogens (tertiary/aromatic N) is 2. The van der Waals surface area contributed by atoms with Crippen LogP contribution in [0.3, 0.4) is 0 Å². The summed E-state index contributed by atoms with van der Waals surface area (Å²) in [6.07, 6.45) is -8.38. The van der Waals surface area contributed by atoms with Crippen molar-refractivity contribution in [3.63, 3.8) is 0 Å². The van der Waals surface area contributed by atoms with E-state index in [9.17, 15) is 31.1 Å². The lowest BCUT2D eigenvalue weighted by Crippen LogP contribution is -2.49. The molecular formula is C22H19ClF6N2O. The highest BCUT2D eigenvalue weighted by molar-refractivity contribution is 6.30. The molecule has 4 rings (SSSR count). The quantitative estimate of drug-likeness (QED) is 0.520. The summed E-state index contributed by atoms with van der Waals surface area (Å²) in [5.74, 6) is -0.556. The van der Waals surface area contributed by atoms with Gasteiger partial charge in [0.1, 0.15) is 0 Å². The van der Waals surface area contributed by atoms with Gasteiger partial charge in [-0.05, 0) is 48.2 Å². The Labute approximate surface area is 185 Å². The van der Waals surface area contributed by atoms with E-state index in [1.807, 2.05) is 0 Å². The van der Waals surface area contributed by atoms with Crippen molar-refractivity contribution in [3.05, 3.63) is 64.2 Å². The van der Waals surface area contributed by atoms with Gasteiger partial charge in [-0.15, -0.1) is 0 Å². The van der Waals surface area contributed by atoms with E-state index < -0.39 is 23.5 Å². The van der Waals surface area contributed by atoms with Crippen molar-refractivity contribution < 1.29 is 31.1 Å². The zero-order valence-electron chi connectivity index (χ0n) is 16.7. The Kier molecular flexibility index (Phi) is 5.81. The van der Waals surface area contributed by atoms with Crippen LogP contribution in [0, 0.1) is 5.92 Å². The number of hydrogen-bond donors (Lipinski definition) is 0. The van der Waals surface area contributed by atoms with Crippen molar-refractivity contribution in [2.75, 3.05) is 31.1 Å². The van der Waals surface area contributed by atoms with Gasteiger partial charge < -0.3 is 9.80 Å². The predicted molar refractivity (Wildman–Crippen MR) is 108 cm³/mol. The average Bonchev–Trinajstić information content (AvgIpc) is 3.53. The van der Waals surface area contributed by atoms with Gasteiger partial charge in [-0.3, -0.25) is 4.79 Å². The van der Waals surface area contributed by atoms with Crippen molar-refractivity contribution in [1.29, 1.82) is 0 Å². The fourth-order valence-electron chi connectivity index (χ4n) is 4.16. The first kappa shape index (κ1) is 22.8. The minimum absolute atomic E-state index is 0.00819. The van der Waals surface area contributed by atoms with Crippen LogP contribution in [0.5, 0.6) is 0 Å². The van der Waals surface area contributed by atoms with Crippen LogP contribution in [0.4, 0.5) is 32.0 Å². The third-order valence-electron chi connectivity index (χ3n) is 5.97. The van der Waals surface area contributed by atoms with Crippen molar-refractivity contribution in [3.8, 4) is 0 Å². The van der Waals surface area contributed by atoms with E-state index in [1.165, 1.54) is 24.3 Å². The van der Waals surface area contributed by atoms with Gasteiger partial charge in [0.05, 0.1) is 16.8 Å². The van der Waals surface area contributed by atoms with Crippen LogP contribution < -0.4 is 4.90 Å². The molecule has 2 fully saturated rings. The number of amides is 1. The van der Waals surface area contributed by atoms with E-state index in [4.69, 9.17) is 11.6 Å². The van der Waals surface area contributed by atoms with Gasteiger partial charge in [0, 0.05) is 37.1 Å². The van der Waals surface area contributed by atoms with E-state index in [0.717, 1.165) is 18.2 Å². The molecule has 1 saturated carbocycles. The van der Waals surface area contributed by atoms with E-state index in [0.29, 0.717) is 12.0 Å². The fourth-order valence-corrected chi connectivity index (χ4v) is 4.33. The molecule has 2 aromatic rings. The number of hydrogen-bond acceptors (Lipinski definition) is 2. The molecule has 32 heavy (non-hydrogen) atoms. The van der Waals surface area contributed by atoms with Gasteiger partial charge in [0.25, 0.3) is 0 Å². The lowest BCUT2D eigenvalue weighted by molar-refractivity contribution is -0.138. The normalized spacial score (nSPS) is 21.6. The van der Waals surface area contributed by atoms with Crippen LogP contribution in [0.15, 0.2) is 42.5 Å². The topological polar surface area (TPSA) is 23.6 Å². The molecule has 1 aliphatic heterocycles. The molecule has 1 heterocycles. The molecule has 0 unspecified atom stereocenters. The second kappa shape index (κ2) is 8.17. The molecule has 1 amide bonds. The first-order valence-electron chi connectivity index (χ1n) is 10.0. The van der Waals surface area contributed by atoms with Crippen molar-refractivity contribution in [2.24, 2.45) is 5.92 Å². The van der Waals surface area contributed by atoms with Crippen molar-refractivity contribution >= 4 is 23.2 Å². The van der Waals surface area contributed by atoms with Gasteiger partial charge in [0.15, 0.2) is 0 Å². The molecule has 2 atom stereocenters. The van der Waals surface area contributed by atoms with Gasteiger partial charge in [-0.1, -0.05) is 23.7 Å². The summed E-state index contributed by atoms with van der Waals surface area (Å²) in [7, 11) is 0. The Balaban J connectivity index is 1.38. The molecule has 0 spiro atoms. The smallest absolute Gasteiger partial charge is 0.367 e. The largest absolute Gasteiger partial charge is 0.418 e. The Morgan fingerprint density at radius 3 is 2.06 bits per heavy atom. The maximum atomic E-state index is 13.4. The summed E-state index contributed by atoms with van der Waals surface area (Å²) in [5.41, 5.74) is -0.832. The molecule has 2 aromatic carbocycles. The lowest BCUT2D eigenvalue weighted by atomic mass is 10.1. The number of piperazine rings is 1. The molecule has 0 aromatic heterocycles. The highest BCUT2D eigenvalue weighted by atomic mass is 35.5. The summed E-state index contributed by atoms with van der Waals surface area (Å²) < 4.78 is 78.2. The summed E-state index contributed by atoms with van der Waals surface area (Å²) in [6, 6.07) is 8.25. The first-order valence-corrected chi connectivity index (χ1v) is 10.4. The molecule has 2 aliphatic rings. The Morgan fingerprint density at radius 1 is 0.875 bits per heavy atom. The van der Waals surface area contributed by atoms with E-state index in [2.05, 4.69) is 0 Å². The molecular weight excluding hydrogens is 458 g/mol. The molecule has 0 radical (unpaired) electrons. The molecule has 3 nitrogen and oxygen atoms in total. The molecule has 10 heteroatoms. The van der Waals surface area contributed by atoms with Crippen molar-refractivity contribution in [2.45, 2.75) is 24.7 Å². The van der Waals surface area contributed by atoms with Crippen molar-refractivity contribution in [1.82, 2.24) is 4.90 Å². The molecule has 0 N–H and O–H groups in total. The number of halogens is 7. The second-order valence-electron chi connectivity index (χ2n) is 8.04. The van der Waals surface area contributed by atoms with E-state index in [-0.39, 0.29) is 54.6 Å². The zero-order chi connectivity index (χ0) is 23.3. The number of benzene rings is 2. The van der Waals surface area contributed by atoms with Crippen LogP contribution in [-0.2, 0) is 17.1 Å².